The maximum atomic E-state index is 13.8. The number of nitrogens with one attached hydrogen (secondary N) is 2. The van der Waals surface area contributed by atoms with Gasteiger partial charge in [0.25, 0.3) is 0 Å². The number of hydrogen-bond donors (Lipinski definition) is 3. The van der Waals surface area contributed by atoms with E-state index in [1.54, 1.807) is 0 Å². The minimum absolute atomic E-state index is 0.0242. The van der Waals surface area contributed by atoms with Gasteiger partial charge in [-0.1, -0.05) is 50.2 Å². The minimum Gasteiger partial charge on any atom is -0.466 e. The predicted octanol–water partition coefficient (Wildman–Crippen LogP) is 4.27. The van der Waals surface area contributed by atoms with Crippen molar-refractivity contribution >= 4 is 17.3 Å². The van der Waals surface area contributed by atoms with Crippen molar-refractivity contribution < 1.29 is 24.1 Å². The third kappa shape index (κ3) is 2.72. The smallest absolute Gasteiger partial charge is 0.335 e. The first kappa shape index (κ1) is 28.7. The van der Waals surface area contributed by atoms with Gasteiger partial charge >= 0.3 is 5.97 Å². The molecule has 12 rings (SSSR count). The molecule has 8 heterocycles. The zero-order chi connectivity index (χ0) is 32.9. The molecule has 4 spiro atoms. The van der Waals surface area contributed by atoms with Crippen LogP contribution in [0.1, 0.15) is 69.9 Å². The number of carbonyl (C=O) groups is 1. The Labute approximate surface area is 287 Å². The van der Waals surface area contributed by atoms with Crippen LogP contribution in [0.4, 0.5) is 11.4 Å². The molecule has 2 bridgehead atoms. The number of anilines is 2. The van der Waals surface area contributed by atoms with Gasteiger partial charge in [-0.05, 0) is 68.3 Å². The largest absolute Gasteiger partial charge is 0.466 e. The fraction of sp³-hybridized carbons (Fsp3) is 0.625. The topological polar surface area (TPSA) is 98.8 Å². The Hall–Kier alpha value is -2.95. The molecule has 1 saturated carbocycles. The molecule has 49 heavy (non-hydrogen) atoms. The maximum Gasteiger partial charge on any atom is 0.335 e. The van der Waals surface area contributed by atoms with Crippen LogP contribution < -0.4 is 10.6 Å². The Kier molecular flexibility index (Phi) is 5.02. The first-order valence-corrected chi connectivity index (χ1v) is 18.9. The molecular weight excluding hydrogens is 616 g/mol. The van der Waals surface area contributed by atoms with Crippen molar-refractivity contribution in [1.29, 1.82) is 0 Å². The quantitative estimate of drug-likeness (QED) is 0.329. The molecule has 0 amide bonds. The fourth-order valence-electron chi connectivity index (χ4n) is 15.0. The Morgan fingerprint density at radius 2 is 1.84 bits per heavy atom. The van der Waals surface area contributed by atoms with Crippen LogP contribution in [0.2, 0.25) is 0 Å². The number of nitrogens with zero attached hydrogens (tertiary/aromatic N) is 2. The molecular formula is C40H46N4O5. The fourth-order valence-corrected chi connectivity index (χ4v) is 15.0. The summed E-state index contributed by atoms with van der Waals surface area (Å²) in [6, 6.07) is 17.8. The molecule has 8 aliphatic heterocycles. The van der Waals surface area contributed by atoms with E-state index < -0.39 is 28.4 Å². The lowest BCUT2D eigenvalue weighted by Gasteiger charge is -2.64. The Bertz CT molecular complexity index is 1920. The van der Waals surface area contributed by atoms with E-state index >= 15 is 0 Å². The molecule has 9 heteroatoms. The van der Waals surface area contributed by atoms with Gasteiger partial charge in [0.2, 0.25) is 0 Å². The third-order valence-corrected chi connectivity index (χ3v) is 16.4. The number of fused-ring (bicyclic) bond motifs is 7. The average Bonchev–Trinajstić information content (AvgIpc) is 3.34. The summed E-state index contributed by atoms with van der Waals surface area (Å²) >= 11 is 0. The zero-order valence-corrected chi connectivity index (χ0v) is 28.6. The molecule has 0 radical (unpaired) electrons. The lowest BCUT2D eigenvalue weighted by molar-refractivity contribution is -0.194. The molecule has 10 aliphatic rings. The molecule has 256 valence electrons. The molecule has 2 aromatic rings. The molecule has 0 aromatic heterocycles. The molecule has 9 nitrogen and oxygen atoms in total. The van der Waals surface area contributed by atoms with Crippen LogP contribution >= 0.6 is 0 Å². The highest BCUT2D eigenvalue weighted by Gasteiger charge is 2.87. The van der Waals surface area contributed by atoms with E-state index in [0.29, 0.717) is 30.6 Å². The van der Waals surface area contributed by atoms with Crippen molar-refractivity contribution in [2.75, 3.05) is 37.4 Å². The number of rotatable bonds is 3. The summed E-state index contributed by atoms with van der Waals surface area (Å²) in [5.74, 6) is -0.115. The number of carbonyl (C=O) groups excluding carboxylic acids is 1. The van der Waals surface area contributed by atoms with E-state index in [4.69, 9.17) is 14.2 Å². The summed E-state index contributed by atoms with van der Waals surface area (Å²) in [7, 11) is 1.48. The zero-order valence-electron chi connectivity index (χ0n) is 28.6. The van der Waals surface area contributed by atoms with Gasteiger partial charge in [0, 0.05) is 60.0 Å². The molecule has 7 fully saturated rings. The van der Waals surface area contributed by atoms with E-state index in [-0.39, 0.29) is 34.9 Å². The van der Waals surface area contributed by atoms with Crippen molar-refractivity contribution in [3.63, 3.8) is 0 Å². The van der Waals surface area contributed by atoms with E-state index in [1.165, 1.54) is 18.4 Å². The number of ether oxygens (including phenoxy) is 3. The maximum absolute atomic E-state index is 13.8. The lowest BCUT2D eigenvalue weighted by atomic mass is 9.47. The number of hydrogen-bond acceptors (Lipinski definition) is 9. The number of aliphatic hydroxyl groups excluding tert-OH is 1. The summed E-state index contributed by atoms with van der Waals surface area (Å²) in [5.41, 5.74) is 3.70. The van der Waals surface area contributed by atoms with Crippen LogP contribution in [0.25, 0.3) is 0 Å². The summed E-state index contributed by atoms with van der Waals surface area (Å²) in [6.07, 6.45) is 5.80. The third-order valence-electron chi connectivity index (χ3n) is 16.4. The van der Waals surface area contributed by atoms with Crippen molar-refractivity contribution in [2.45, 2.75) is 117 Å². The number of piperidine rings is 2. The normalized spacial score (nSPS) is 50.0. The van der Waals surface area contributed by atoms with Gasteiger partial charge in [-0.3, -0.25) is 9.80 Å². The Balaban J connectivity index is 1.07. The number of esters is 1. The van der Waals surface area contributed by atoms with Gasteiger partial charge < -0.3 is 30.0 Å². The van der Waals surface area contributed by atoms with Gasteiger partial charge in [-0.15, -0.1) is 0 Å². The van der Waals surface area contributed by atoms with Crippen molar-refractivity contribution in [3.8, 4) is 0 Å². The van der Waals surface area contributed by atoms with Crippen LogP contribution in [-0.4, -0.2) is 94.9 Å². The predicted molar refractivity (Wildman–Crippen MR) is 182 cm³/mol. The number of methoxy groups -OCH3 is 1. The van der Waals surface area contributed by atoms with Crippen molar-refractivity contribution in [1.82, 2.24) is 9.80 Å². The summed E-state index contributed by atoms with van der Waals surface area (Å²) in [4.78, 5) is 19.2. The summed E-state index contributed by atoms with van der Waals surface area (Å²) in [5, 5.41) is 20.9. The first-order valence-electron chi connectivity index (χ1n) is 18.9. The Morgan fingerprint density at radius 3 is 2.63 bits per heavy atom. The van der Waals surface area contributed by atoms with Gasteiger partial charge in [0.05, 0.1) is 53.0 Å². The van der Waals surface area contributed by atoms with E-state index in [9.17, 15) is 9.90 Å². The number of aliphatic hydroxyl groups is 1. The molecule has 2 aromatic carbocycles. The van der Waals surface area contributed by atoms with Gasteiger partial charge in [-0.25, -0.2) is 4.79 Å². The van der Waals surface area contributed by atoms with Crippen LogP contribution in [-0.2, 0) is 29.8 Å². The summed E-state index contributed by atoms with van der Waals surface area (Å²) in [6.45, 7) is 7.63. The number of benzene rings is 2. The van der Waals surface area contributed by atoms with E-state index in [1.807, 2.05) is 6.07 Å². The SMILES string of the molecule is CC[C@]12C[C@]34CC(C(=O)OC)=C5Nc6ccccc6[C@@]5(CCN3[C@H]1[C@@H]1C[C@]3(CC)[C@@H]5O[C@@H]5CN5CC[C@@]6(c7ccccc7N[C@@]16O2)[C@@H]53)[C@@H]4O. The lowest BCUT2D eigenvalue weighted by Crippen LogP contribution is -2.76. The van der Waals surface area contributed by atoms with Crippen molar-refractivity contribution in [2.24, 2.45) is 11.3 Å². The van der Waals surface area contributed by atoms with Gasteiger partial charge in [0.15, 0.2) is 5.72 Å². The monoisotopic (exact) mass is 662 g/mol. The second kappa shape index (κ2) is 8.56. The van der Waals surface area contributed by atoms with Gasteiger partial charge in [0.1, 0.15) is 0 Å². The number of epoxide rings is 1. The molecule has 12 atom stereocenters. The van der Waals surface area contributed by atoms with Crippen LogP contribution in [0.5, 0.6) is 0 Å². The van der Waals surface area contributed by atoms with E-state index in [2.05, 4.69) is 76.7 Å². The Morgan fingerprint density at radius 1 is 1.04 bits per heavy atom. The average molecular weight is 663 g/mol. The second-order valence-corrected chi connectivity index (χ2v) is 17.3. The van der Waals surface area contributed by atoms with Crippen LogP contribution in [0.3, 0.4) is 0 Å². The highest BCUT2D eigenvalue weighted by atomic mass is 16.6. The summed E-state index contributed by atoms with van der Waals surface area (Å²) < 4.78 is 20.2. The second-order valence-electron chi connectivity index (χ2n) is 17.3. The highest BCUT2D eigenvalue weighted by molar-refractivity contribution is 5.93. The molecule has 3 N–H and O–H groups in total. The van der Waals surface area contributed by atoms with Crippen molar-refractivity contribution in [3.05, 3.63) is 70.9 Å². The minimum atomic E-state index is -0.700. The first-order chi connectivity index (χ1) is 23.8. The van der Waals surface area contributed by atoms with Crippen LogP contribution in [0.15, 0.2) is 59.8 Å². The molecule has 2 aliphatic carbocycles. The van der Waals surface area contributed by atoms with Crippen LogP contribution in [0, 0.1) is 11.3 Å². The standard InChI is InChI=1S/C40H46N4O5/c1-4-35-19-25-30-37(5-2,49-40(25)39(24-11-7-9-13-27(24)42-40)15-16-43(33(35)39)20-28-31(35)48-28)21-36-18-22(32(45)47-3)29-38(34(36)46,14-17-44(30)36)23-10-6-8-12-26(23)41-29/h6-13,25,28,30-31,33-34,41-42,46H,4-5,14-21H2,1-3H3/t25-,28+,30-,31+,33-,34+,35+,36-,37-,38+,39+,40+/m0/s1. The number of para-hydroxylation sites is 2. The highest BCUT2D eigenvalue weighted by Crippen LogP contribution is 2.78. The van der Waals surface area contributed by atoms with Gasteiger partial charge in [-0.2, -0.15) is 0 Å². The molecule has 0 unspecified atom stereocenters. The molecule has 6 saturated heterocycles. The van der Waals surface area contributed by atoms with E-state index in [0.717, 1.165) is 68.7 Å².